The molecule has 0 aromatic carbocycles. The van der Waals surface area contributed by atoms with Crippen molar-refractivity contribution < 1.29 is 4.79 Å². The van der Waals surface area contributed by atoms with Crippen LogP contribution in [0, 0.1) is 6.92 Å². The maximum atomic E-state index is 10.9. The Morgan fingerprint density at radius 3 is 2.13 bits per heavy atom. The van der Waals surface area contributed by atoms with Gasteiger partial charge in [-0.05, 0) is 33.6 Å². The van der Waals surface area contributed by atoms with Crippen LogP contribution in [0.4, 0.5) is 0 Å². The molecule has 0 bridgehead atoms. The van der Waals surface area contributed by atoms with Crippen molar-refractivity contribution in [1.82, 2.24) is 9.78 Å². The van der Waals surface area contributed by atoms with E-state index in [1.165, 1.54) is 0 Å². The third-order valence-corrected chi connectivity index (χ3v) is 2.50. The molecule has 0 radical (unpaired) electrons. The summed E-state index contributed by atoms with van der Waals surface area (Å²) in [7, 11) is 0. The number of aldehydes is 1. The van der Waals surface area contributed by atoms with Crippen LogP contribution in [0.2, 0.25) is 0 Å². The average molecular weight is 208 g/mol. The van der Waals surface area contributed by atoms with Gasteiger partial charge in [-0.1, -0.05) is 13.8 Å². The summed E-state index contributed by atoms with van der Waals surface area (Å²) < 4.78 is 1.97. The lowest BCUT2D eigenvalue weighted by molar-refractivity contribution is 0.111. The van der Waals surface area contributed by atoms with Crippen LogP contribution in [-0.4, -0.2) is 16.1 Å². The van der Waals surface area contributed by atoms with Gasteiger partial charge in [-0.15, -0.1) is 0 Å². The van der Waals surface area contributed by atoms with Gasteiger partial charge in [0.15, 0.2) is 6.29 Å². The van der Waals surface area contributed by atoms with Crippen LogP contribution in [-0.2, 0) is 5.54 Å². The normalized spacial score (nSPS) is 12.2. The fourth-order valence-corrected chi connectivity index (χ4v) is 1.83. The molecule has 0 fully saturated rings. The Labute approximate surface area is 91.5 Å². The average Bonchev–Trinajstić information content (AvgIpc) is 2.41. The molecule has 1 heterocycles. The van der Waals surface area contributed by atoms with Gasteiger partial charge >= 0.3 is 0 Å². The van der Waals surface area contributed by atoms with Crippen molar-refractivity contribution in [3.8, 4) is 0 Å². The summed E-state index contributed by atoms with van der Waals surface area (Å²) in [4.78, 5) is 10.9. The lowest BCUT2D eigenvalue weighted by atomic mass is 10.0. The Morgan fingerprint density at radius 2 is 1.87 bits per heavy atom. The van der Waals surface area contributed by atoms with E-state index in [-0.39, 0.29) is 5.54 Å². The molecule has 0 amide bonds. The lowest BCUT2D eigenvalue weighted by Gasteiger charge is -2.24. The molecule has 0 saturated carbocycles. The third-order valence-electron chi connectivity index (χ3n) is 2.50. The van der Waals surface area contributed by atoms with E-state index in [1.807, 2.05) is 11.6 Å². The van der Waals surface area contributed by atoms with Crippen LogP contribution in [0.3, 0.4) is 0 Å². The van der Waals surface area contributed by atoms with E-state index >= 15 is 0 Å². The number of hydrogen-bond acceptors (Lipinski definition) is 2. The number of carbonyl (C=O) groups is 1. The molecule has 3 heteroatoms. The van der Waals surface area contributed by atoms with E-state index in [0.29, 0.717) is 11.6 Å². The molecule has 0 aliphatic carbocycles. The highest BCUT2D eigenvalue weighted by molar-refractivity contribution is 5.74. The van der Waals surface area contributed by atoms with Crippen LogP contribution in [0.1, 0.15) is 62.3 Å². The second-order valence-corrected chi connectivity index (χ2v) is 5.25. The SMILES string of the molecule is Cc1c(C=O)nn(C(C)(C)C)c1C(C)C. The molecule has 0 spiro atoms. The minimum Gasteiger partial charge on any atom is -0.296 e. The first kappa shape index (κ1) is 12.0. The molecule has 0 N–H and O–H groups in total. The van der Waals surface area contributed by atoms with E-state index in [9.17, 15) is 4.79 Å². The number of hydrogen-bond donors (Lipinski definition) is 0. The van der Waals surface area contributed by atoms with Gasteiger partial charge < -0.3 is 0 Å². The van der Waals surface area contributed by atoms with Crippen LogP contribution in [0.15, 0.2) is 0 Å². The Hall–Kier alpha value is -1.12. The molecule has 0 unspecified atom stereocenters. The Balaban J connectivity index is 3.45. The monoisotopic (exact) mass is 208 g/mol. The van der Waals surface area contributed by atoms with Crippen molar-refractivity contribution in [2.24, 2.45) is 0 Å². The lowest BCUT2D eigenvalue weighted by Crippen LogP contribution is -2.26. The van der Waals surface area contributed by atoms with Crippen molar-refractivity contribution in [2.45, 2.75) is 53.0 Å². The predicted molar refractivity (Wildman–Crippen MR) is 61.4 cm³/mol. The van der Waals surface area contributed by atoms with Gasteiger partial charge in [0.1, 0.15) is 5.69 Å². The van der Waals surface area contributed by atoms with Gasteiger partial charge in [0.05, 0.1) is 5.54 Å². The zero-order valence-electron chi connectivity index (χ0n) is 10.5. The summed E-state index contributed by atoms with van der Waals surface area (Å²) in [5.41, 5.74) is 2.65. The number of nitrogens with zero attached hydrogens (tertiary/aromatic N) is 2. The highest BCUT2D eigenvalue weighted by Crippen LogP contribution is 2.26. The standard InChI is InChI=1S/C12H20N2O/c1-8(2)11-9(3)10(7-15)13-14(11)12(4,5)6/h7-8H,1-6H3. The molecule has 0 aliphatic heterocycles. The van der Waals surface area contributed by atoms with Gasteiger partial charge in [0.25, 0.3) is 0 Å². The van der Waals surface area contributed by atoms with Gasteiger partial charge in [0.2, 0.25) is 0 Å². The molecule has 0 saturated heterocycles. The predicted octanol–water partition coefficient (Wildman–Crippen LogP) is 2.88. The summed E-state index contributed by atoms with van der Waals surface area (Å²) >= 11 is 0. The number of aromatic nitrogens is 2. The minimum absolute atomic E-state index is 0.0778. The van der Waals surface area contributed by atoms with Gasteiger partial charge in [-0.3, -0.25) is 9.48 Å². The summed E-state index contributed by atoms with van der Waals surface area (Å²) in [6.07, 6.45) is 0.837. The second-order valence-electron chi connectivity index (χ2n) is 5.25. The minimum atomic E-state index is -0.0778. The van der Waals surface area contributed by atoms with Gasteiger partial charge in [-0.25, -0.2) is 0 Å². The van der Waals surface area contributed by atoms with Gasteiger partial charge in [-0.2, -0.15) is 5.10 Å². The molecule has 15 heavy (non-hydrogen) atoms. The summed E-state index contributed by atoms with van der Waals surface area (Å²) in [5.74, 6) is 0.380. The highest BCUT2D eigenvalue weighted by atomic mass is 16.1. The molecule has 84 valence electrons. The summed E-state index contributed by atoms with van der Waals surface area (Å²) in [6.45, 7) is 12.5. The highest BCUT2D eigenvalue weighted by Gasteiger charge is 2.24. The van der Waals surface area contributed by atoms with Gasteiger partial charge in [0, 0.05) is 11.3 Å². The maximum Gasteiger partial charge on any atom is 0.170 e. The molecular weight excluding hydrogens is 188 g/mol. The zero-order chi connectivity index (χ0) is 11.8. The molecule has 0 aliphatic rings. The Morgan fingerprint density at radius 1 is 1.33 bits per heavy atom. The number of carbonyl (C=O) groups excluding carboxylic acids is 1. The first-order valence-electron chi connectivity index (χ1n) is 5.34. The molecular formula is C12H20N2O. The third kappa shape index (κ3) is 2.11. The Bertz CT molecular complexity index is 370. The molecule has 1 aromatic heterocycles. The molecule has 1 rings (SSSR count). The van der Waals surface area contributed by atoms with Crippen molar-refractivity contribution in [3.05, 3.63) is 17.0 Å². The molecule has 0 atom stereocenters. The van der Waals surface area contributed by atoms with E-state index in [0.717, 1.165) is 17.5 Å². The van der Waals surface area contributed by atoms with Crippen LogP contribution in [0.5, 0.6) is 0 Å². The largest absolute Gasteiger partial charge is 0.296 e. The molecule has 1 aromatic rings. The maximum absolute atomic E-state index is 10.9. The zero-order valence-corrected chi connectivity index (χ0v) is 10.5. The first-order chi connectivity index (χ1) is 6.79. The van der Waals surface area contributed by atoms with Crippen LogP contribution in [0.25, 0.3) is 0 Å². The fourth-order valence-electron chi connectivity index (χ4n) is 1.83. The quantitative estimate of drug-likeness (QED) is 0.700. The van der Waals surface area contributed by atoms with E-state index in [1.54, 1.807) is 0 Å². The summed E-state index contributed by atoms with van der Waals surface area (Å²) in [6, 6.07) is 0. The van der Waals surface area contributed by atoms with Crippen LogP contribution < -0.4 is 0 Å². The second kappa shape index (κ2) is 3.80. The van der Waals surface area contributed by atoms with Crippen molar-refractivity contribution in [3.63, 3.8) is 0 Å². The first-order valence-corrected chi connectivity index (χ1v) is 5.34. The van der Waals surface area contributed by atoms with Crippen molar-refractivity contribution >= 4 is 6.29 Å². The summed E-state index contributed by atoms with van der Waals surface area (Å²) in [5, 5.41) is 4.37. The van der Waals surface area contributed by atoms with Crippen molar-refractivity contribution in [1.29, 1.82) is 0 Å². The fraction of sp³-hybridized carbons (Fsp3) is 0.667. The van der Waals surface area contributed by atoms with E-state index < -0.39 is 0 Å². The van der Waals surface area contributed by atoms with E-state index in [4.69, 9.17) is 0 Å². The topological polar surface area (TPSA) is 34.9 Å². The smallest absolute Gasteiger partial charge is 0.170 e. The number of rotatable bonds is 2. The van der Waals surface area contributed by atoms with E-state index in [2.05, 4.69) is 39.7 Å². The molecule has 3 nitrogen and oxygen atoms in total. The Kier molecular flexibility index (Phi) is 3.03. The van der Waals surface area contributed by atoms with Crippen LogP contribution >= 0.6 is 0 Å². The van der Waals surface area contributed by atoms with Crippen molar-refractivity contribution in [2.75, 3.05) is 0 Å².